The number of cyclic esters (lactones) is 1. The molecule has 5 heteroatoms. The predicted molar refractivity (Wildman–Crippen MR) is 89.7 cm³/mol. The van der Waals surface area contributed by atoms with Crippen LogP contribution in [0.3, 0.4) is 0 Å². The van der Waals surface area contributed by atoms with Gasteiger partial charge in [0.2, 0.25) is 0 Å². The molecule has 6 atom stereocenters. The van der Waals surface area contributed by atoms with Crippen LogP contribution in [0.2, 0.25) is 0 Å². The standard InChI is InChI=1S/C20H26O5/c1-12(14-10-15(24-18(14)22)13-7-9-23-11-13)6-8-19(2)16(21)4-5-17-20(19,3)25-17/h7,9,11-12,14-15,17H,4-6,8,10H2,1-3H3/t12-,14-,15-,17-,19+,20-/m1/s1. The second-order valence-corrected chi connectivity index (χ2v) is 8.35. The van der Waals surface area contributed by atoms with E-state index in [1.807, 2.05) is 13.0 Å². The van der Waals surface area contributed by atoms with Crippen LogP contribution in [0.25, 0.3) is 0 Å². The van der Waals surface area contributed by atoms with Crippen LogP contribution in [0, 0.1) is 17.3 Å². The van der Waals surface area contributed by atoms with Crippen molar-refractivity contribution in [1.82, 2.24) is 0 Å². The monoisotopic (exact) mass is 346 g/mol. The lowest BCUT2D eigenvalue weighted by atomic mass is 9.63. The number of ketones is 1. The van der Waals surface area contributed by atoms with Gasteiger partial charge in [-0.25, -0.2) is 0 Å². The number of hydrogen-bond donors (Lipinski definition) is 0. The van der Waals surface area contributed by atoms with Gasteiger partial charge in [-0.2, -0.15) is 0 Å². The summed E-state index contributed by atoms with van der Waals surface area (Å²) in [7, 11) is 0. The smallest absolute Gasteiger partial charge is 0.309 e. The lowest BCUT2D eigenvalue weighted by Gasteiger charge is -2.36. The highest BCUT2D eigenvalue weighted by molar-refractivity contribution is 5.87. The highest BCUT2D eigenvalue weighted by Crippen LogP contribution is 2.58. The highest BCUT2D eigenvalue weighted by Gasteiger charge is 2.68. The summed E-state index contributed by atoms with van der Waals surface area (Å²) in [6.45, 7) is 6.20. The molecule has 0 unspecified atom stereocenters. The SMILES string of the molecule is C[C@H](CC[C@@]1(C)C(=O)CC[C@H]2O[C@]21C)[C@H]1C[C@H](c2ccoc2)OC1=O. The Balaban J connectivity index is 1.40. The molecule has 2 saturated heterocycles. The zero-order valence-electron chi connectivity index (χ0n) is 15.1. The van der Waals surface area contributed by atoms with E-state index in [9.17, 15) is 9.59 Å². The Bertz CT molecular complexity index is 680. The largest absolute Gasteiger partial charge is 0.472 e. The third-order valence-corrected chi connectivity index (χ3v) is 7.02. The molecule has 3 fully saturated rings. The van der Waals surface area contributed by atoms with Crippen molar-refractivity contribution < 1.29 is 23.5 Å². The van der Waals surface area contributed by atoms with Crippen LogP contribution in [-0.4, -0.2) is 23.5 Å². The van der Waals surface area contributed by atoms with Gasteiger partial charge >= 0.3 is 5.97 Å². The van der Waals surface area contributed by atoms with E-state index in [1.165, 1.54) is 0 Å². The Kier molecular flexibility index (Phi) is 3.83. The first kappa shape index (κ1) is 16.8. The molecule has 25 heavy (non-hydrogen) atoms. The number of rotatable bonds is 5. The number of esters is 1. The number of hydrogen-bond acceptors (Lipinski definition) is 5. The maximum Gasteiger partial charge on any atom is 0.309 e. The van der Waals surface area contributed by atoms with Gasteiger partial charge in [-0.3, -0.25) is 9.59 Å². The molecular formula is C20H26O5. The average molecular weight is 346 g/mol. The minimum absolute atomic E-state index is 0.120. The number of fused-ring (bicyclic) bond motifs is 1. The summed E-state index contributed by atoms with van der Waals surface area (Å²) in [6.07, 6.45) is 6.99. The predicted octanol–water partition coefficient (Wildman–Crippen LogP) is 3.83. The summed E-state index contributed by atoms with van der Waals surface area (Å²) in [5.74, 6) is 0.231. The first-order valence-electron chi connectivity index (χ1n) is 9.29. The van der Waals surface area contributed by atoms with Crippen molar-refractivity contribution in [3.63, 3.8) is 0 Å². The molecule has 3 heterocycles. The van der Waals surface area contributed by atoms with Crippen LogP contribution in [0.4, 0.5) is 0 Å². The first-order valence-corrected chi connectivity index (χ1v) is 9.29. The Morgan fingerprint density at radius 1 is 1.32 bits per heavy atom. The fourth-order valence-corrected chi connectivity index (χ4v) is 4.73. The topological polar surface area (TPSA) is 69.0 Å². The van der Waals surface area contributed by atoms with Crippen LogP contribution in [0.15, 0.2) is 23.0 Å². The summed E-state index contributed by atoms with van der Waals surface area (Å²) in [4.78, 5) is 24.9. The Morgan fingerprint density at radius 3 is 2.84 bits per heavy atom. The molecule has 2 aliphatic heterocycles. The molecule has 1 aliphatic carbocycles. The summed E-state index contributed by atoms with van der Waals surface area (Å²) in [6, 6.07) is 1.85. The zero-order chi connectivity index (χ0) is 17.8. The number of Topliss-reactive ketones (excluding diaryl/α,β-unsaturated/α-hetero) is 1. The molecule has 136 valence electrons. The van der Waals surface area contributed by atoms with Gasteiger partial charge in [-0.1, -0.05) is 6.92 Å². The number of carbonyl (C=O) groups excluding carboxylic acids is 2. The zero-order valence-corrected chi connectivity index (χ0v) is 15.1. The van der Waals surface area contributed by atoms with E-state index in [-0.39, 0.29) is 35.6 Å². The minimum atomic E-state index is -0.434. The number of furan rings is 1. The lowest BCUT2D eigenvalue weighted by Crippen LogP contribution is -2.46. The van der Waals surface area contributed by atoms with Gasteiger partial charge in [-0.05, 0) is 45.1 Å². The van der Waals surface area contributed by atoms with Crippen LogP contribution in [0.5, 0.6) is 0 Å². The Labute approximate surface area is 148 Å². The summed E-state index contributed by atoms with van der Waals surface area (Å²) >= 11 is 0. The first-order chi connectivity index (χ1) is 11.8. The van der Waals surface area contributed by atoms with E-state index in [1.54, 1.807) is 12.5 Å². The molecule has 1 aromatic rings. The molecule has 3 aliphatic rings. The van der Waals surface area contributed by atoms with Crippen LogP contribution < -0.4 is 0 Å². The van der Waals surface area contributed by atoms with Crippen molar-refractivity contribution in [3.05, 3.63) is 24.2 Å². The lowest BCUT2D eigenvalue weighted by molar-refractivity contribution is -0.145. The second kappa shape index (κ2) is 5.70. The van der Waals surface area contributed by atoms with Crippen LogP contribution >= 0.6 is 0 Å². The second-order valence-electron chi connectivity index (χ2n) is 8.35. The summed E-state index contributed by atoms with van der Waals surface area (Å²) < 4.78 is 16.5. The number of epoxide rings is 1. The molecule has 0 spiro atoms. The van der Waals surface area contributed by atoms with Crippen molar-refractivity contribution >= 4 is 11.8 Å². The van der Waals surface area contributed by atoms with Crippen molar-refractivity contribution in [2.24, 2.45) is 17.3 Å². The molecule has 5 nitrogen and oxygen atoms in total. The quantitative estimate of drug-likeness (QED) is 0.599. The third-order valence-electron chi connectivity index (χ3n) is 7.02. The summed E-state index contributed by atoms with van der Waals surface area (Å²) in [5, 5.41) is 0. The molecule has 1 saturated carbocycles. The van der Waals surface area contributed by atoms with Crippen molar-refractivity contribution in [1.29, 1.82) is 0 Å². The third kappa shape index (κ3) is 2.55. The highest BCUT2D eigenvalue weighted by atomic mass is 16.6. The molecule has 4 rings (SSSR count). The van der Waals surface area contributed by atoms with Crippen LogP contribution in [-0.2, 0) is 19.1 Å². The Hall–Kier alpha value is -1.62. The summed E-state index contributed by atoms with van der Waals surface area (Å²) in [5.41, 5.74) is 0.174. The van der Waals surface area contributed by atoms with Gasteiger partial charge in [0.1, 0.15) is 17.5 Å². The van der Waals surface area contributed by atoms with E-state index in [4.69, 9.17) is 13.9 Å². The van der Waals surface area contributed by atoms with E-state index < -0.39 is 5.41 Å². The fraction of sp³-hybridized carbons (Fsp3) is 0.700. The van der Waals surface area contributed by atoms with E-state index in [2.05, 4.69) is 13.8 Å². The number of ether oxygens (including phenoxy) is 2. The van der Waals surface area contributed by atoms with Crippen molar-refractivity contribution in [2.45, 2.75) is 70.7 Å². The van der Waals surface area contributed by atoms with Crippen molar-refractivity contribution in [3.8, 4) is 0 Å². The van der Waals surface area contributed by atoms with Gasteiger partial charge in [-0.15, -0.1) is 0 Å². The average Bonchev–Trinajstić information content (AvgIpc) is 2.97. The normalized spacial score (nSPS) is 41.3. The molecular weight excluding hydrogens is 320 g/mol. The van der Waals surface area contributed by atoms with Gasteiger partial charge in [0.05, 0.1) is 30.0 Å². The minimum Gasteiger partial charge on any atom is -0.472 e. The van der Waals surface area contributed by atoms with E-state index in [0.29, 0.717) is 18.6 Å². The molecule has 0 N–H and O–H groups in total. The fourth-order valence-electron chi connectivity index (χ4n) is 4.73. The Morgan fingerprint density at radius 2 is 2.12 bits per heavy atom. The maximum absolute atomic E-state index is 12.6. The maximum atomic E-state index is 12.6. The van der Waals surface area contributed by atoms with Gasteiger partial charge in [0.25, 0.3) is 0 Å². The molecule has 0 aromatic carbocycles. The molecule has 0 amide bonds. The van der Waals surface area contributed by atoms with Crippen molar-refractivity contribution in [2.75, 3.05) is 0 Å². The molecule has 1 aromatic heterocycles. The molecule has 0 bridgehead atoms. The van der Waals surface area contributed by atoms with Gasteiger partial charge in [0, 0.05) is 18.4 Å². The van der Waals surface area contributed by atoms with Gasteiger partial charge in [0.15, 0.2) is 0 Å². The van der Waals surface area contributed by atoms with E-state index in [0.717, 1.165) is 24.8 Å². The number of carbonyl (C=O) groups is 2. The molecule has 0 radical (unpaired) electrons. The van der Waals surface area contributed by atoms with Gasteiger partial charge < -0.3 is 13.9 Å². The van der Waals surface area contributed by atoms with E-state index >= 15 is 0 Å². The van der Waals surface area contributed by atoms with Crippen LogP contribution in [0.1, 0.15) is 64.5 Å².